The summed E-state index contributed by atoms with van der Waals surface area (Å²) in [7, 11) is -1.57. The highest BCUT2D eigenvalue weighted by molar-refractivity contribution is 7.91. The quantitative estimate of drug-likeness (QED) is 0.866. The van der Waals surface area contributed by atoms with Crippen LogP contribution in [0.15, 0.2) is 30.6 Å². The van der Waals surface area contributed by atoms with Gasteiger partial charge in [-0.2, -0.15) is 0 Å². The highest BCUT2D eigenvalue weighted by Crippen LogP contribution is 2.20. The predicted octanol–water partition coefficient (Wildman–Crippen LogP) is 1.76. The molecule has 0 bridgehead atoms. The van der Waals surface area contributed by atoms with Crippen molar-refractivity contribution in [3.63, 3.8) is 0 Å². The third kappa shape index (κ3) is 3.96. The zero-order valence-electron chi connectivity index (χ0n) is 13.8. The van der Waals surface area contributed by atoms with Crippen molar-refractivity contribution in [1.29, 1.82) is 0 Å². The molecular formula is C16H16F2N4O3S. The van der Waals surface area contributed by atoms with E-state index in [4.69, 9.17) is 0 Å². The zero-order valence-corrected chi connectivity index (χ0v) is 14.6. The molecule has 10 heteroatoms. The molecule has 7 nitrogen and oxygen atoms in total. The summed E-state index contributed by atoms with van der Waals surface area (Å²) in [5.74, 6) is -1.84. The van der Waals surface area contributed by atoms with Gasteiger partial charge in [-0.15, -0.1) is 0 Å². The molecule has 0 aliphatic carbocycles. The molecule has 3 rings (SSSR count). The molecule has 1 aromatic carbocycles. The molecule has 0 spiro atoms. The smallest absolute Gasteiger partial charge is 0.257 e. The first-order valence-corrected chi connectivity index (χ1v) is 9.59. The number of halogens is 2. The third-order valence-electron chi connectivity index (χ3n) is 4.15. The number of amides is 1. The molecule has 1 saturated heterocycles. The van der Waals surface area contributed by atoms with E-state index in [1.165, 1.54) is 30.4 Å². The van der Waals surface area contributed by atoms with Crippen LogP contribution in [-0.2, 0) is 9.84 Å². The first-order chi connectivity index (χ1) is 12.2. The van der Waals surface area contributed by atoms with Gasteiger partial charge in [0.05, 0.1) is 22.8 Å². The molecule has 138 valence electrons. The first-order valence-electron chi connectivity index (χ1n) is 7.77. The number of carbonyl (C=O) groups excluding carboxylic acids is 1. The third-order valence-corrected chi connectivity index (χ3v) is 5.90. The minimum atomic E-state index is -3.10. The van der Waals surface area contributed by atoms with Gasteiger partial charge in [0.25, 0.3) is 5.91 Å². The minimum Gasteiger partial charge on any atom is -0.338 e. The van der Waals surface area contributed by atoms with E-state index < -0.39 is 27.4 Å². The molecule has 1 aromatic heterocycles. The van der Waals surface area contributed by atoms with Crippen LogP contribution in [0.1, 0.15) is 16.8 Å². The molecule has 1 amide bonds. The van der Waals surface area contributed by atoms with Crippen LogP contribution in [0.3, 0.4) is 0 Å². The number of carbonyl (C=O) groups is 1. The van der Waals surface area contributed by atoms with Crippen LogP contribution in [0.4, 0.5) is 20.4 Å². The summed E-state index contributed by atoms with van der Waals surface area (Å²) < 4.78 is 49.6. The topological polar surface area (TPSA) is 92.3 Å². The van der Waals surface area contributed by atoms with Crippen LogP contribution in [0.2, 0.25) is 0 Å². The fraction of sp³-hybridized carbons (Fsp3) is 0.312. The van der Waals surface area contributed by atoms with Gasteiger partial charge in [-0.3, -0.25) is 4.79 Å². The van der Waals surface area contributed by atoms with Gasteiger partial charge in [0.15, 0.2) is 9.84 Å². The Kier molecular flexibility index (Phi) is 4.86. The SMILES string of the molecule is CN(C(=O)c1cnc(Nc2ccc(F)cc2F)nc1)C1CCS(=O)(=O)C1. The molecular weight excluding hydrogens is 366 g/mol. The maximum absolute atomic E-state index is 13.6. The van der Waals surface area contributed by atoms with Crippen LogP contribution in [0.5, 0.6) is 0 Å². The van der Waals surface area contributed by atoms with E-state index in [1.807, 2.05) is 0 Å². The summed E-state index contributed by atoms with van der Waals surface area (Å²) in [4.78, 5) is 21.7. The van der Waals surface area contributed by atoms with Crippen molar-refractivity contribution in [2.75, 3.05) is 23.9 Å². The van der Waals surface area contributed by atoms with E-state index in [-0.39, 0.29) is 34.7 Å². The normalized spacial score (nSPS) is 18.5. The van der Waals surface area contributed by atoms with E-state index in [0.717, 1.165) is 12.1 Å². The summed E-state index contributed by atoms with van der Waals surface area (Å²) in [6.07, 6.45) is 2.92. The van der Waals surface area contributed by atoms with E-state index in [0.29, 0.717) is 6.42 Å². The summed E-state index contributed by atoms with van der Waals surface area (Å²) >= 11 is 0. The number of sulfone groups is 1. The summed E-state index contributed by atoms with van der Waals surface area (Å²) in [6, 6.07) is 2.65. The number of anilines is 2. The van der Waals surface area contributed by atoms with Crippen LogP contribution in [-0.4, -0.2) is 53.8 Å². The lowest BCUT2D eigenvalue weighted by Gasteiger charge is -2.23. The monoisotopic (exact) mass is 382 g/mol. The number of hydrogen-bond acceptors (Lipinski definition) is 6. The largest absolute Gasteiger partial charge is 0.338 e. The van der Waals surface area contributed by atoms with Gasteiger partial charge in [-0.1, -0.05) is 0 Å². The van der Waals surface area contributed by atoms with Crippen LogP contribution in [0, 0.1) is 11.6 Å². The highest BCUT2D eigenvalue weighted by Gasteiger charge is 2.33. The Hall–Kier alpha value is -2.62. The number of nitrogens with zero attached hydrogens (tertiary/aromatic N) is 3. The lowest BCUT2D eigenvalue weighted by Crippen LogP contribution is -2.37. The molecule has 1 N–H and O–H groups in total. The van der Waals surface area contributed by atoms with E-state index in [9.17, 15) is 22.0 Å². The lowest BCUT2D eigenvalue weighted by molar-refractivity contribution is 0.0747. The Morgan fingerprint density at radius 1 is 1.27 bits per heavy atom. The average molecular weight is 382 g/mol. The Labute approximate surface area is 149 Å². The van der Waals surface area contributed by atoms with Crippen molar-refractivity contribution < 1.29 is 22.0 Å². The minimum absolute atomic E-state index is 0.00115. The van der Waals surface area contributed by atoms with E-state index in [2.05, 4.69) is 15.3 Å². The Morgan fingerprint density at radius 3 is 2.54 bits per heavy atom. The number of aromatic nitrogens is 2. The Bertz CT molecular complexity index is 935. The van der Waals surface area contributed by atoms with Gasteiger partial charge in [0, 0.05) is 31.5 Å². The molecule has 2 heterocycles. The molecule has 1 atom stereocenters. The second kappa shape index (κ2) is 6.94. The van der Waals surface area contributed by atoms with Crippen LogP contribution in [0.25, 0.3) is 0 Å². The number of benzene rings is 1. The van der Waals surface area contributed by atoms with Crippen LogP contribution < -0.4 is 5.32 Å². The molecule has 26 heavy (non-hydrogen) atoms. The second-order valence-electron chi connectivity index (χ2n) is 6.02. The molecule has 1 aliphatic rings. The molecule has 1 aliphatic heterocycles. The van der Waals surface area contributed by atoms with E-state index in [1.54, 1.807) is 0 Å². The number of nitrogens with one attached hydrogen (secondary N) is 1. The number of hydrogen-bond donors (Lipinski definition) is 1. The maximum Gasteiger partial charge on any atom is 0.257 e. The van der Waals surface area contributed by atoms with Gasteiger partial charge >= 0.3 is 0 Å². The van der Waals surface area contributed by atoms with Gasteiger partial charge in [-0.05, 0) is 18.6 Å². The van der Waals surface area contributed by atoms with E-state index >= 15 is 0 Å². The molecule has 2 aromatic rings. The van der Waals surface area contributed by atoms with Crippen molar-refractivity contribution in [3.8, 4) is 0 Å². The van der Waals surface area contributed by atoms with Crippen molar-refractivity contribution >= 4 is 27.4 Å². The van der Waals surface area contributed by atoms with Crippen molar-refractivity contribution in [1.82, 2.24) is 14.9 Å². The highest BCUT2D eigenvalue weighted by atomic mass is 32.2. The lowest BCUT2D eigenvalue weighted by atomic mass is 10.2. The van der Waals surface area contributed by atoms with Crippen molar-refractivity contribution in [2.45, 2.75) is 12.5 Å². The van der Waals surface area contributed by atoms with Gasteiger partial charge in [-0.25, -0.2) is 27.2 Å². The maximum atomic E-state index is 13.6. The predicted molar refractivity (Wildman–Crippen MR) is 90.8 cm³/mol. The Morgan fingerprint density at radius 2 is 1.96 bits per heavy atom. The van der Waals surface area contributed by atoms with Gasteiger partial charge in [0.2, 0.25) is 5.95 Å². The fourth-order valence-corrected chi connectivity index (χ4v) is 4.44. The average Bonchev–Trinajstić information content (AvgIpc) is 2.97. The van der Waals surface area contributed by atoms with Gasteiger partial charge in [0.1, 0.15) is 11.6 Å². The molecule has 0 radical (unpaired) electrons. The summed E-state index contributed by atoms with van der Waals surface area (Å²) in [6.45, 7) is 0. The molecule has 1 fully saturated rings. The molecule has 0 saturated carbocycles. The number of rotatable bonds is 4. The second-order valence-corrected chi connectivity index (χ2v) is 8.25. The summed E-state index contributed by atoms with van der Waals surface area (Å²) in [5.41, 5.74) is 0.181. The standard InChI is InChI=1S/C16H16F2N4O3S/c1-22(12-4-5-26(24,25)9-12)15(23)10-7-19-16(20-8-10)21-14-3-2-11(17)6-13(14)18/h2-3,6-8,12H,4-5,9H2,1H3,(H,19,20,21). The van der Waals surface area contributed by atoms with Crippen molar-refractivity contribution in [2.24, 2.45) is 0 Å². The first kappa shape index (κ1) is 18.2. The zero-order chi connectivity index (χ0) is 18.9. The van der Waals surface area contributed by atoms with Crippen molar-refractivity contribution in [3.05, 3.63) is 47.8 Å². The molecule has 1 unspecified atom stereocenters. The Balaban J connectivity index is 1.70. The fourth-order valence-electron chi connectivity index (χ4n) is 2.66. The summed E-state index contributed by atoms with van der Waals surface area (Å²) in [5, 5.41) is 2.59. The van der Waals surface area contributed by atoms with Gasteiger partial charge < -0.3 is 10.2 Å². The van der Waals surface area contributed by atoms with Crippen LogP contribution >= 0.6 is 0 Å².